The summed E-state index contributed by atoms with van der Waals surface area (Å²) in [7, 11) is 0. The lowest BCUT2D eigenvalue weighted by Crippen LogP contribution is -2.30. The molecule has 0 atom stereocenters. The molecule has 108 valence electrons. The minimum absolute atomic E-state index is 0.248. The molecule has 1 aliphatic carbocycles. The van der Waals surface area contributed by atoms with Crippen LogP contribution in [0.15, 0.2) is 18.2 Å². The molecular formula is C14H18N2O4. The van der Waals surface area contributed by atoms with E-state index in [2.05, 4.69) is 18.7 Å². The number of hydrogen-bond donors (Lipinski definition) is 1. The number of carboxylic acids is 1. The number of carboxylic acid groups (broad SMARTS) is 1. The lowest BCUT2D eigenvalue weighted by molar-refractivity contribution is -0.385. The van der Waals surface area contributed by atoms with Gasteiger partial charge >= 0.3 is 5.97 Å². The average Bonchev–Trinajstić information content (AvgIpc) is 3.19. The molecule has 1 fully saturated rings. The number of hydrogen-bond acceptors (Lipinski definition) is 4. The van der Waals surface area contributed by atoms with Crippen LogP contribution in [0, 0.1) is 16.0 Å². The molecule has 0 unspecified atom stereocenters. The Morgan fingerprint density at radius 3 is 2.60 bits per heavy atom. The summed E-state index contributed by atoms with van der Waals surface area (Å²) in [4.78, 5) is 23.5. The van der Waals surface area contributed by atoms with Crippen LogP contribution in [0.4, 0.5) is 11.4 Å². The number of nitro benzene ring substituents is 1. The van der Waals surface area contributed by atoms with Crippen LogP contribution in [0.2, 0.25) is 0 Å². The summed E-state index contributed by atoms with van der Waals surface area (Å²) in [6, 6.07) is 4.78. The van der Waals surface area contributed by atoms with E-state index in [0.29, 0.717) is 12.0 Å². The first-order valence-corrected chi connectivity index (χ1v) is 6.68. The van der Waals surface area contributed by atoms with Crippen molar-refractivity contribution in [1.82, 2.24) is 0 Å². The Balaban J connectivity index is 2.38. The highest BCUT2D eigenvalue weighted by Crippen LogP contribution is 2.34. The fourth-order valence-electron chi connectivity index (χ4n) is 2.28. The van der Waals surface area contributed by atoms with Crippen molar-refractivity contribution in [3.8, 4) is 0 Å². The second kappa shape index (κ2) is 5.48. The second-order valence-electron chi connectivity index (χ2n) is 5.54. The Labute approximate surface area is 117 Å². The van der Waals surface area contributed by atoms with Gasteiger partial charge in [-0.2, -0.15) is 0 Å². The molecule has 0 bridgehead atoms. The van der Waals surface area contributed by atoms with E-state index in [1.165, 1.54) is 12.1 Å². The van der Waals surface area contributed by atoms with Gasteiger partial charge in [-0.05, 0) is 30.9 Å². The first kappa shape index (κ1) is 14.3. The predicted octanol–water partition coefficient (Wildman–Crippen LogP) is 2.92. The van der Waals surface area contributed by atoms with Crippen molar-refractivity contribution in [3.05, 3.63) is 33.9 Å². The van der Waals surface area contributed by atoms with E-state index < -0.39 is 10.9 Å². The van der Waals surface area contributed by atoms with Gasteiger partial charge in [0.1, 0.15) is 5.56 Å². The van der Waals surface area contributed by atoms with Gasteiger partial charge in [0.2, 0.25) is 0 Å². The number of nitrogens with zero attached hydrogens (tertiary/aromatic N) is 2. The maximum Gasteiger partial charge on any atom is 0.342 e. The molecule has 6 heteroatoms. The second-order valence-corrected chi connectivity index (χ2v) is 5.54. The van der Waals surface area contributed by atoms with Crippen LogP contribution in [0.25, 0.3) is 0 Å². The summed E-state index contributed by atoms with van der Waals surface area (Å²) < 4.78 is 0. The third kappa shape index (κ3) is 3.07. The van der Waals surface area contributed by atoms with Crippen LogP contribution >= 0.6 is 0 Å². The zero-order valence-electron chi connectivity index (χ0n) is 11.6. The van der Waals surface area contributed by atoms with E-state index in [1.54, 1.807) is 6.07 Å². The van der Waals surface area contributed by atoms with Crippen molar-refractivity contribution >= 4 is 17.3 Å². The molecule has 0 radical (unpaired) electrons. The van der Waals surface area contributed by atoms with Crippen molar-refractivity contribution < 1.29 is 14.8 Å². The normalized spacial score (nSPS) is 14.3. The quantitative estimate of drug-likeness (QED) is 0.639. The molecule has 1 aliphatic rings. The molecule has 6 nitrogen and oxygen atoms in total. The molecule has 0 aliphatic heterocycles. The number of aromatic carboxylic acids is 1. The molecule has 1 N–H and O–H groups in total. The maximum absolute atomic E-state index is 11.2. The Hall–Kier alpha value is -2.11. The van der Waals surface area contributed by atoms with Gasteiger partial charge in [0, 0.05) is 24.3 Å². The monoisotopic (exact) mass is 278 g/mol. The van der Waals surface area contributed by atoms with Crippen LogP contribution in [-0.2, 0) is 0 Å². The summed E-state index contributed by atoms with van der Waals surface area (Å²) in [5.74, 6) is -0.821. The molecular weight excluding hydrogens is 260 g/mol. The van der Waals surface area contributed by atoms with Crippen LogP contribution < -0.4 is 4.90 Å². The Morgan fingerprint density at radius 2 is 2.15 bits per heavy atom. The van der Waals surface area contributed by atoms with Crippen LogP contribution in [-0.4, -0.2) is 28.6 Å². The third-order valence-electron chi connectivity index (χ3n) is 3.29. The van der Waals surface area contributed by atoms with E-state index >= 15 is 0 Å². The smallest absolute Gasteiger partial charge is 0.342 e. The van der Waals surface area contributed by atoms with Crippen LogP contribution in [0.3, 0.4) is 0 Å². The van der Waals surface area contributed by atoms with Gasteiger partial charge in [-0.1, -0.05) is 13.8 Å². The zero-order valence-corrected chi connectivity index (χ0v) is 11.6. The molecule has 20 heavy (non-hydrogen) atoms. The summed E-state index contributed by atoms with van der Waals surface area (Å²) in [6.45, 7) is 5.01. The predicted molar refractivity (Wildman–Crippen MR) is 75.3 cm³/mol. The SMILES string of the molecule is CC(C)CN(c1ccc([N+](=O)[O-])c(C(=O)O)c1)C1CC1. The fraction of sp³-hybridized carbons (Fsp3) is 0.500. The standard InChI is InChI=1S/C14H18N2O4/c1-9(2)8-15(10-3-4-10)11-5-6-13(16(19)20)12(7-11)14(17)18/h5-7,9-10H,3-4,8H2,1-2H3,(H,17,18). The van der Waals surface area contributed by atoms with Gasteiger partial charge in [-0.25, -0.2) is 4.79 Å². The first-order valence-electron chi connectivity index (χ1n) is 6.68. The Morgan fingerprint density at radius 1 is 1.50 bits per heavy atom. The lowest BCUT2D eigenvalue weighted by atomic mass is 10.1. The number of carbonyl (C=O) groups is 1. The van der Waals surface area contributed by atoms with Crippen molar-refractivity contribution in [3.63, 3.8) is 0 Å². The van der Waals surface area contributed by atoms with Gasteiger partial charge in [0.05, 0.1) is 4.92 Å². The minimum Gasteiger partial charge on any atom is -0.477 e. The van der Waals surface area contributed by atoms with Crippen molar-refractivity contribution in [2.45, 2.75) is 32.7 Å². The topological polar surface area (TPSA) is 83.7 Å². The van der Waals surface area contributed by atoms with Crippen LogP contribution in [0.1, 0.15) is 37.0 Å². The molecule has 1 aromatic rings. The highest BCUT2D eigenvalue weighted by molar-refractivity contribution is 5.93. The Kier molecular flexibility index (Phi) is 3.92. The van der Waals surface area contributed by atoms with E-state index in [-0.39, 0.29) is 11.3 Å². The number of nitro groups is 1. The molecule has 0 amide bonds. The summed E-state index contributed by atoms with van der Waals surface area (Å²) in [6.07, 6.45) is 2.18. The van der Waals surface area contributed by atoms with Gasteiger partial charge in [-0.15, -0.1) is 0 Å². The van der Waals surface area contributed by atoms with Crippen molar-refractivity contribution in [1.29, 1.82) is 0 Å². The van der Waals surface area contributed by atoms with Crippen molar-refractivity contribution in [2.75, 3.05) is 11.4 Å². The van der Waals surface area contributed by atoms with Gasteiger partial charge in [0.15, 0.2) is 0 Å². The fourth-order valence-corrected chi connectivity index (χ4v) is 2.28. The summed E-state index contributed by atoms with van der Waals surface area (Å²) >= 11 is 0. The van der Waals surface area contributed by atoms with E-state index in [0.717, 1.165) is 25.1 Å². The third-order valence-corrected chi connectivity index (χ3v) is 3.29. The Bertz CT molecular complexity index is 538. The molecule has 0 spiro atoms. The molecule has 0 saturated heterocycles. The number of anilines is 1. The molecule has 1 saturated carbocycles. The highest BCUT2D eigenvalue weighted by Gasteiger charge is 2.31. The molecule has 1 aromatic carbocycles. The lowest BCUT2D eigenvalue weighted by Gasteiger charge is -2.26. The van der Waals surface area contributed by atoms with E-state index in [1.807, 2.05) is 0 Å². The molecule has 0 aromatic heterocycles. The number of benzene rings is 1. The summed E-state index contributed by atoms with van der Waals surface area (Å²) in [5.41, 5.74) is 0.146. The molecule has 2 rings (SSSR count). The largest absolute Gasteiger partial charge is 0.477 e. The maximum atomic E-state index is 11.2. The highest BCUT2D eigenvalue weighted by atomic mass is 16.6. The minimum atomic E-state index is -1.26. The van der Waals surface area contributed by atoms with Crippen LogP contribution in [0.5, 0.6) is 0 Å². The van der Waals surface area contributed by atoms with Crippen molar-refractivity contribution in [2.24, 2.45) is 5.92 Å². The van der Waals surface area contributed by atoms with Gasteiger partial charge in [0.25, 0.3) is 5.69 Å². The zero-order chi connectivity index (χ0) is 14.9. The number of rotatable bonds is 6. The van der Waals surface area contributed by atoms with E-state index in [4.69, 9.17) is 5.11 Å². The summed E-state index contributed by atoms with van der Waals surface area (Å²) in [5, 5.41) is 20.0. The molecule has 0 heterocycles. The average molecular weight is 278 g/mol. The van der Waals surface area contributed by atoms with Gasteiger partial charge < -0.3 is 10.0 Å². The first-order chi connectivity index (χ1) is 9.40. The van der Waals surface area contributed by atoms with Gasteiger partial charge in [-0.3, -0.25) is 10.1 Å². The van der Waals surface area contributed by atoms with E-state index in [9.17, 15) is 14.9 Å².